The lowest BCUT2D eigenvalue weighted by Gasteiger charge is -2.33. The minimum Gasteiger partial charge on any atom is -0.432 e. The Bertz CT molecular complexity index is 1360. The Morgan fingerprint density at radius 2 is 1.20 bits per heavy atom. The summed E-state index contributed by atoms with van der Waals surface area (Å²) in [4.78, 5) is 0. The average Bonchev–Trinajstić information content (AvgIpc) is 2.91. The molecule has 3 aromatic rings. The molecule has 0 radical (unpaired) electrons. The van der Waals surface area contributed by atoms with Crippen LogP contribution in [0.2, 0.25) is 0 Å². The minimum atomic E-state index is -3.85. The van der Waals surface area contributed by atoms with E-state index in [1.54, 1.807) is 12.1 Å². The first-order chi connectivity index (χ1) is 19.4. The van der Waals surface area contributed by atoms with Crippen molar-refractivity contribution in [2.45, 2.75) is 76.2 Å². The van der Waals surface area contributed by atoms with E-state index in [0.29, 0.717) is 18.1 Å². The number of ether oxygens (including phenoxy) is 1. The van der Waals surface area contributed by atoms with Crippen LogP contribution in [-0.4, -0.2) is 6.11 Å². The molecule has 0 unspecified atom stereocenters. The quantitative estimate of drug-likeness (QED) is 0.208. The molecule has 1 nitrogen and oxygen atoms in total. The molecule has 0 bridgehead atoms. The number of alkyl halides is 2. The standard InChI is InChI=1S/C32H30F8O/c1-17-2-4-18(5-3-17)20-8-11-24(25(33)12-20)21-13-26(34)30(27(35)14-21)19-6-9-22(10-7-19)32(39,40)41-23-15-28(36)31(38)29(37)16-23/h8,11-19,22H,2-7,9-10H2,1H3. The molecule has 2 aliphatic carbocycles. The van der Waals surface area contributed by atoms with Crippen LogP contribution in [0, 0.1) is 46.7 Å². The van der Waals surface area contributed by atoms with E-state index < -0.39 is 58.6 Å². The monoisotopic (exact) mass is 582 g/mol. The second-order valence-electron chi connectivity index (χ2n) is 11.5. The molecule has 0 aromatic heterocycles. The fourth-order valence-electron chi connectivity index (χ4n) is 6.29. The lowest BCUT2D eigenvalue weighted by Crippen LogP contribution is -2.37. The van der Waals surface area contributed by atoms with Crippen molar-refractivity contribution in [1.82, 2.24) is 0 Å². The Labute approximate surface area is 233 Å². The van der Waals surface area contributed by atoms with Gasteiger partial charge in [0.25, 0.3) is 0 Å². The molecule has 0 aliphatic heterocycles. The molecule has 2 aliphatic rings. The molecular formula is C32H30F8O. The second-order valence-corrected chi connectivity index (χ2v) is 11.5. The van der Waals surface area contributed by atoms with Crippen LogP contribution in [0.15, 0.2) is 42.5 Å². The van der Waals surface area contributed by atoms with E-state index in [9.17, 15) is 22.0 Å². The highest BCUT2D eigenvalue weighted by Crippen LogP contribution is 2.45. The van der Waals surface area contributed by atoms with Gasteiger partial charge in [0.15, 0.2) is 17.5 Å². The first-order valence-electron chi connectivity index (χ1n) is 13.9. The number of rotatable bonds is 6. The van der Waals surface area contributed by atoms with Gasteiger partial charge in [-0.15, -0.1) is 0 Å². The average molecular weight is 583 g/mol. The van der Waals surface area contributed by atoms with Gasteiger partial charge in [0.2, 0.25) is 0 Å². The van der Waals surface area contributed by atoms with Crippen LogP contribution in [0.5, 0.6) is 5.75 Å². The zero-order valence-electron chi connectivity index (χ0n) is 22.4. The molecule has 0 atom stereocenters. The number of benzene rings is 3. The minimum absolute atomic E-state index is 0.00596. The number of hydrogen-bond acceptors (Lipinski definition) is 1. The van der Waals surface area contributed by atoms with Crippen molar-refractivity contribution in [3.8, 4) is 16.9 Å². The SMILES string of the molecule is CC1CCC(c2ccc(-c3cc(F)c(C4CCC(C(F)(F)Oc5cc(F)c(F)c(F)c5)CC4)c(F)c3)c(F)c2)CC1. The van der Waals surface area contributed by atoms with Crippen LogP contribution < -0.4 is 4.74 Å². The normalized spacial score (nSPS) is 23.4. The molecule has 2 fully saturated rings. The summed E-state index contributed by atoms with van der Waals surface area (Å²) in [5.74, 6) is -9.49. The summed E-state index contributed by atoms with van der Waals surface area (Å²) >= 11 is 0. The van der Waals surface area contributed by atoms with Gasteiger partial charge < -0.3 is 4.74 Å². The van der Waals surface area contributed by atoms with Crippen LogP contribution in [-0.2, 0) is 0 Å². The van der Waals surface area contributed by atoms with E-state index in [1.165, 1.54) is 6.07 Å². The predicted octanol–water partition coefficient (Wildman–Crippen LogP) is 10.4. The molecule has 0 saturated heterocycles. The maximum absolute atomic E-state index is 15.2. The van der Waals surface area contributed by atoms with Crippen molar-refractivity contribution in [2.24, 2.45) is 11.8 Å². The Hall–Kier alpha value is -3.10. The van der Waals surface area contributed by atoms with Gasteiger partial charge in [-0.1, -0.05) is 31.9 Å². The van der Waals surface area contributed by atoms with E-state index in [4.69, 9.17) is 0 Å². The largest absolute Gasteiger partial charge is 0.432 e. The lowest BCUT2D eigenvalue weighted by molar-refractivity contribution is -0.222. The topological polar surface area (TPSA) is 9.23 Å². The van der Waals surface area contributed by atoms with Gasteiger partial charge in [0.1, 0.15) is 23.2 Å². The molecule has 0 N–H and O–H groups in total. The molecule has 2 saturated carbocycles. The van der Waals surface area contributed by atoms with Gasteiger partial charge in [-0.25, -0.2) is 26.3 Å². The maximum atomic E-state index is 15.2. The smallest absolute Gasteiger partial charge is 0.400 e. The van der Waals surface area contributed by atoms with E-state index in [0.717, 1.165) is 43.4 Å². The highest BCUT2D eigenvalue weighted by molar-refractivity contribution is 5.65. The van der Waals surface area contributed by atoms with E-state index >= 15 is 13.2 Å². The summed E-state index contributed by atoms with van der Waals surface area (Å²) in [5.41, 5.74) is 0.768. The van der Waals surface area contributed by atoms with Gasteiger partial charge in [-0.3, -0.25) is 0 Å². The van der Waals surface area contributed by atoms with Crippen LogP contribution in [0.3, 0.4) is 0 Å². The van der Waals surface area contributed by atoms with Crippen molar-refractivity contribution < 1.29 is 39.9 Å². The summed E-state index contributed by atoms with van der Waals surface area (Å²) < 4.78 is 119. The highest BCUT2D eigenvalue weighted by atomic mass is 19.3. The van der Waals surface area contributed by atoms with Crippen molar-refractivity contribution in [2.75, 3.05) is 0 Å². The van der Waals surface area contributed by atoms with Crippen LogP contribution in [0.25, 0.3) is 11.1 Å². The van der Waals surface area contributed by atoms with E-state index in [2.05, 4.69) is 11.7 Å². The molecule has 0 spiro atoms. The molecule has 41 heavy (non-hydrogen) atoms. The van der Waals surface area contributed by atoms with Gasteiger partial charge in [-0.2, -0.15) is 8.78 Å². The zero-order valence-corrected chi connectivity index (χ0v) is 22.4. The summed E-state index contributed by atoms with van der Waals surface area (Å²) in [6, 6.07) is 7.59. The molecule has 3 aromatic carbocycles. The van der Waals surface area contributed by atoms with Crippen molar-refractivity contribution in [3.63, 3.8) is 0 Å². The van der Waals surface area contributed by atoms with Gasteiger partial charge in [-0.05, 0) is 85.6 Å². The van der Waals surface area contributed by atoms with Gasteiger partial charge in [0, 0.05) is 23.3 Å². The van der Waals surface area contributed by atoms with Crippen molar-refractivity contribution in [1.29, 1.82) is 0 Å². The van der Waals surface area contributed by atoms with Gasteiger partial charge in [0.05, 0.1) is 5.92 Å². The Morgan fingerprint density at radius 1 is 0.634 bits per heavy atom. The third-order valence-corrected chi connectivity index (χ3v) is 8.69. The zero-order chi connectivity index (χ0) is 29.5. The summed E-state index contributed by atoms with van der Waals surface area (Å²) in [7, 11) is 0. The molecule has 9 heteroatoms. The fraction of sp³-hybridized carbons (Fsp3) is 0.438. The van der Waals surface area contributed by atoms with Crippen LogP contribution in [0.4, 0.5) is 35.1 Å². The Balaban J connectivity index is 1.27. The maximum Gasteiger partial charge on any atom is 0.400 e. The Kier molecular flexibility index (Phi) is 8.35. The molecule has 0 amide bonds. The summed E-state index contributed by atoms with van der Waals surface area (Å²) in [6.07, 6.45) is -0.0935. The first-order valence-corrected chi connectivity index (χ1v) is 13.9. The number of hydrogen-bond donors (Lipinski definition) is 0. The first kappa shape index (κ1) is 29.4. The van der Waals surface area contributed by atoms with Gasteiger partial charge >= 0.3 is 6.11 Å². The summed E-state index contributed by atoms with van der Waals surface area (Å²) in [6.45, 7) is 2.20. The second kappa shape index (κ2) is 11.6. The van der Waals surface area contributed by atoms with E-state index in [1.807, 2.05) is 0 Å². The van der Waals surface area contributed by atoms with Crippen LogP contribution >= 0.6 is 0 Å². The fourth-order valence-corrected chi connectivity index (χ4v) is 6.29. The molecule has 220 valence electrons. The van der Waals surface area contributed by atoms with Crippen molar-refractivity contribution in [3.05, 3.63) is 88.5 Å². The van der Waals surface area contributed by atoms with E-state index in [-0.39, 0.29) is 48.3 Å². The van der Waals surface area contributed by atoms with Crippen molar-refractivity contribution >= 4 is 0 Å². The molecule has 0 heterocycles. The summed E-state index contributed by atoms with van der Waals surface area (Å²) in [5, 5.41) is 0. The Morgan fingerprint density at radius 3 is 1.76 bits per heavy atom. The third kappa shape index (κ3) is 6.24. The lowest BCUT2D eigenvalue weighted by atomic mass is 9.77. The van der Waals surface area contributed by atoms with Crippen LogP contribution in [0.1, 0.15) is 81.3 Å². The predicted molar refractivity (Wildman–Crippen MR) is 139 cm³/mol. The molecular weight excluding hydrogens is 552 g/mol. The number of halogens is 8. The highest BCUT2D eigenvalue weighted by Gasteiger charge is 2.45. The third-order valence-electron chi connectivity index (χ3n) is 8.69. The molecule has 5 rings (SSSR count).